The largest absolute Gasteiger partial charge is 0.366 e. The highest BCUT2D eigenvalue weighted by Gasteiger charge is 2.32. The van der Waals surface area contributed by atoms with Crippen LogP contribution in [0.4, 0.5) is 4.79 Å². The summed E-state index contributed by atoms with van der Waals surface area (Å²) in [6.07, 6.45) is 7.67. The van der Waals surface area contributed by atoms with Gasteiger partial charge in [-0.3, -0.25) is 9.80 Å². The minimum absolute atomic E-state index is 0.115. The van der Waals surface area contributed by atoms with Crippen molar-refractivity contribution < 1.29 is 4.79 Å². The van der Waals surface area contributed by atoms with Gasteiger partial charge in [-0.1, -0.05) is 62.6 Å². The normalized spacial score (nSPS) is 15.2. The number of hydrogen-bond donors (Lipinski definition) is 0. The molecular weight excluding hydrogens is 348 g/mol. The fraction of sp³-hybridized carbons (Fsp3) is 0.478. The molecule has 1 aromatic carbocycles. The minimum Gasteiger partial charge on any atom is -0.366 e. The van der Waals surface area contributed by atoms with Crippen molar-refractivity contribution in [2.45, 2.75) is 52.5 Å². The van der Waals surface area contributed by atoms with Crippen molar-refractivity contribution in [1.82, 2.24) is 14.7 Å². The molecule has 0 atom stereocenters. The summed E-state index contributed by atoms with van der Waals surface area (Å²) >= 11 is 0. The van der Waals surface area contributed by atoms with Gasteiger partial charge in [-0.05, 0) is 25.3 Å². The van der Waals surface area contributed by atoms with E-state index in [1.54, 1.807) is 23.9 Å². The van der Waals surface area contributed by atoms with E-state index in [0.717, 1.165) is 25.1 Å². The third-order valence-corrected chi connectivity index (χ3v) is 5.07. The predicted molar refractivity (Wildman–Crippen MR) is 117 cm³/mol. The SMILES string of the molecule is C=C1C(N(C)Cc2cccc(C)c2)=C(N=CCCCCCC)N(C)C(=O)N1C. The Hall–Kier alpha value is -2.56. The molecule has 28 heavy (non-hydrogen) atoms. The Bertz CT molecular complexity index is 766. The second-order valence-corrected chi connectivity index (χ2v) is 7.53. The molecule has 2 rings (SSSR count). The number of rotatable bonds is 9. The standard InChI is InChI=1S/C23H34N4O/c1-7-8-9-10-11-15-24-22-21(19(3)26(5)23(28)27(22)6)25(4)17-20-14-12-13-18(2)16-20/h12-16H,3,7-11,17H2,1-2,4-6H3. The first kappa shape index (κ1) is 21.7. The van der Waals surface area contributed by atoms with E-state index in [-0.39, 0.29) is 6.03 Å². The highest BCUT2D eigenvalue weighted by atomic mass is 16.2. The average Bonchev–Trinajstić information content (AvgIpc) is 2.66. The van der Waals surface area contributed by atoms with Gasteiger partial charge in [-0.15, -0.1) is 0 Å². The molecule has 1 aliphatic rings. The molecule has 1 heterocycles. The van der Waals surface area contributed by atoms with Crippen molar-refractivity contribution in [2.24, 2.45) is 4.99 Å². The van der Waals surface area contributed by atoms with Crippen molar-refractivity contribution in [2.75, 3.05) is 21.1 Å². The Morgan fingerprint density at radius 2 is 1.93 bits per heavy atom. The van der Waals surface area contributed by atoms with Gasteiger partial charge >= 0.3 is 6.03 Å². The quantitative estimate of drug-likeness (QED) is 0.438. The second-order valence-electron chi connectivity index (χ2n) is 7.53. The first-order valence-corrected chi connectivity index (χ1v) is 10.1. The van der Waals surface area contributed by atoms with E-state index in [4.69, 9.17) is 0 Å². The lowest BCUT2D eigenvalue weighted by Crippen LogP contribution is -2.45. The second kappa shape index (κ2) is 10.1. The molecule has 5 heteroatoms. The molecule has 0 saturated carbocycles. The Morgan fingerprint density at radius 1 is 1.18 bits per heavy atom. The lowest BCUT2D eigenvalue weighted by atomic mass is 10.1. The summed E-state index contributed by atoms with van der Waals surface area (Å²) in [5, 5.41) is 0. The van der Waals surface area contributed by atoms with Crippen LogP contribution in [0.5, 0.6) is 0 Å². The Morgan fingerprint density at radius 3 is 2.61 bits per heavy atom. The van der Waals surface area contributed by atoms with Gasteiger partial charge in [0.25, 0.3) is 0 Å². The maximum Gasteiger partial charge on any atom is 0.329 e. The third-order valence-electron chi connectivity index (χ3n) is 5.07. The number of amides is 2. The molecule has 2 amide bonds. The van der Waals surface area contributed by atoms with Crippen LogP contribution in [0.25, 0.3) is 0 Å². The third kappa shape index (κ3) is 5.24. The number of aliphatic imine (C=N–C) groups is 1. The van der Waals surface area contributed by atoms with Crippen LogP contribution in [-0.2, 0) is 6.54 Å². The van der Waals surface area contributed by atoms with E-state index in [9.17, 15) is 4.79 Å². The predicted octanol–water partition coefficient (Wildman–Crippen LogP) is 5.15. The molecule has 1 aromatic rings. The molecule has 0 radical (unpaired) electrons. The molecular formula is C23H34N4O. The van der Waals surface area contributed by atoms with Gasteiger partial charge in [0, 0.05) is 33.9 Å². The van der Waals surface area contributed by atoms with Crippen LogP contribution in [0.15, 0.2) is 53.1 Å². The summed E-state index contributed by atoms with van der Waals surface area (Å²) in [5.41, 5.74) is 4.01. The highest BCUT2D eigenvalue weighted by molar-refractivity contribution is 5.81. The van der Waals surface area contributed by atoms with Crippen LogP contribution in [0.3, 0.4) is 0 Å². The first-order valence-electron chi connectivity index (χ1n) is 10.1. The number of aryl methyl sites for hydroxylation is 1. The molecule has 0 aliphatic carbocycles. The van der Waals surface area contributed by atoms with Crippen molar-refractivity contribution in [3.63, 3.8) is 0 Å². The fourth-order valence-electron chi connectivity index (χ4n) is 3.39. The minimum atomic E-state index is -0.115. The first-order chi connectivity index (χ1) is 13.4. The number of nitrogens with zero attached hydrogens (tertiary/aromatic N) is 4. The summed E-state index contributed by atoms with van der Waals surface area (Å²) in [7, 11) is 5.56. The summed E-state index contributed by atoms with van der Waals surface area (Å²) in [5.74, 6) is 0.666. The zero-order chi connectivity index (χ0) is 20.7. The number of hydrogen-bond acceptors (Lipinski definition) is 3. The van der Waals surface area contributed by atoms with E-state index in [2.05, 4.69) is 54.6 Å². The molecule has 1 aliphatic heterocycles. The van der Waals surface area contributed by atoms with Crippen molar-refractivity contribution >= 4 is 12.2 Å². The summed E-state index contributed by atoms with van der Waals surface area (Å²) in [4.78, 5) is 22.6. The maximum absolute atomic E-state index is 12.6. The topological polar surface area (TPSA) is 39.1 Å². The van der Waals surface area contributed by atoms with Crippen LogP contribution in [0, 0.1) is 6.92 Å². The number of likely N-dealkylation sites (N-methyl/N-ethyl adjacent to an activating group) is 2. The molecule has 0 spiro atoms. The zero-order valence-electron chi connectivity index (χ0n) is 18.0. The average molecular weight is 383 g/mol. The van der Waals surface area contributed by atoms with Crippen LogP contribution in [-0.4, -0.2) is 48.1 Å². The van der Waals surface area contributed by atoms with Crippen LogP contribution in [0.1, 0.15) is 50.2 Å². The van der Waals surface area contributed by atoms with E-state index in [0.29, 0.717) is 11.5 Å². The molecule has 0 unspecified atom stereocenters. The number of carbonyl (C=O) groups is 1. The molecule has 0 N–H and O–H groups in total. The van der Waals surface area contributed by atoms with Crippen molar-refractivity contribution in [1.29, 1.82) is 0 Å². The highest BCUT2D eigenvalue weighted by Crippen LogP contribution is 2.29. The van der Waals surface area contributed by atoms with Gasteiger partial charge < -0.3 is 4.90 Å². The van der Waals surface area contributed by atoms with Crippen LogP contribution in [0.2, 0.25) is 0 Å². The Labute approximate surface area is 170 Å². The van der Waals surface area contributed by atoms with E-state index in [1.807, 2.05) is 13.3 Å². The van der Waals surface area contributed by atoms with Crippen molar-refractivity contribution in [3.8, 4) is 0 Å². The maximum atomic E-state index is 12.6. The van der Waals surface area contributed by atoms with Gasteiger partial charge in [0.2, 0.25) is 0 Å². The summed E-state index contributed by atoms with van der Waals surface area (Å²) < 4.78 is 0. The monoisotopic (exact) mass is 382 g/mol. The summed E-state index contributed by atoms with van der Waals surface area (Å²) in [6, 6.07) is 8.34. The lowest BCUT2D eigenvalue weighted by molar-refractivity contribution is 0.183. The summed E-state index contributed by atoms with van der Waals surface area (Å²) in [6.45, 7) is 9.19. The molecule has 5 nitrogen and oxygen atoms in total. The van der Waals surface area contributed by atoms with Crippen LogP contribution >= 0.6 is 0 Å². The molecule has 0 aromatic heterocycles. The fourth-order valence-corrected chi connectivity index (χ4v) is 3.39. The number of urea groups is 1. The van der Waals surface area contributed by atoms with Gasteiger partial charge in [0.15, 0.2) is 5.82 Å². The van der Waals surface area contributed by atoms with E-state index >= 15 is 0 Å². The zero-order valence-corrected chi connectivity index (χ0v) is 18.0. The van der Waals surface area contributed by atoms with Gasteiger partial charge in [0.1, 0.15) is 5.70 Å². The number of unbranched alkanes of at least 4 members (excludes halogenated alkanes) is 4. The van der Waals surface area contributed by atoms with Crippen LogP contribution < -0.4 is 0 Å². The molecule has 0 bridgehead atoms. The smallest absolute Gasteiger partial charge is 0.329 e. The molecule has 0 saturated heterocycles. The van der Waals surface area contributed by atoms with E-state index < -0.39 is 0 Å². The Kier molecular flexibility index (Phi) is 7.85. The van der Waals surface area contributed by atoms with Crippen molar-refractivity contribution in [3.05, 3.63) is 59.2 Å². The Balaban J connectivity index is 2.27. The lowest BCUT2D eigenvalue weighted by Gasteiger charge is -2.38. The molecule has 0 fully saturated rings. The van der Waals surface area contributed by atoms with Gasteiger partial charge in [-0.25, -0.2) is 9.79 Å². The number of carbonyl (C=O) groups excluding carboxylic acids is 1. The molecule has 152 valence electrons. The van der Waals surface area contributed by atoms with Gasteiger partial charge in [0.05, 0.1) is 5.70 Å². The number of benzene rings is 1. The van der Waals surface area contributed by atoms with Gasteiger partial charge in [-0.2, -0.15) is 0 Å². The van der Waals surface area contributed by atoms with E-state index in [1.165, 1.54) is 30.4 Å².